The maximum atomic E-state index is 13.1. The van der Waals surface area contributed by atoms with Gasteiger partial charge in [-0.2, -0.15) is 5.26 Å². The normalized spacial score (nSPS) is 19.3. The second kappa shape index (κ2) is 13.6. The Labute approximate surface area is 252 Å². The van der Waals surface area contributed by atoms with E-state index in [1.165, 1.54) is 11.8 Å². The lowest BCUT2D eigenvalue weighted by atomic mass is 9.88. The van der Waals surface area contributed by atoms with E-state index in [1.54, 1.807) is 48.4 Å². The molecule has 2 aliphatic rings. The fourth-order valence-electron chi connectivity index (χ4n) is 5.94. The SMILES string of the molecule is COc1ccc(C(=O)C2CCN(C(=O)c3ccc(C(=O)N[C@H]4CCN(Cc5ccc(C#N)cc5)C[C@@H]4C)cn3)CC2)cc1. The molecule has 3 aromatic rings. The molecule has 2 fully saturated rings. The lowest BCUT2D eigenvalue weighted by molar-refractivity contribution is 0.0645. The first kappa shape index (κ1) is 29.9. The molecule has 2 aromatic carbocycles. The molecule has 2 saturated heterocycles. The minimum atomic E-state index is -0.193. The molecule has 0 aliphatic carbocycles. The Morgan fingerprint density at radius 1 is 0.953 bits per heavy atom. The number of methoxy groups -OCH3 is 1. The van der Waals surface area contributed by atoms with Gasteiger partial charge in [-0.05, 0) is 79.3 Å². The van der Waals surface area contributed by atoms with E-state index in [9.17, 15) is 14.4 Å². The monoisotopic (exact) mass is 579 g/mol. The number of nitriles is 1. The van der Waals surface area contributed by atoms with Crippen LogP contribution in [0.25, 0.3) is 0 Å². The van der Waals surface area contributed by atoms with Gasteiger partial charge in [-0.3, -0.25) is 24.3 Å². The highest BCUT2D eigenvalue weighted by molar-refractivity contribution is 5.99. The highest BCUT2D eigenvalue weighted by atomic mass is 16.5. The molecule has 43 heavy (non-hydrogen) atoms. The Morgan fingerprint density at radius 2 is 1.65 bits per heavy atom. The number of likely N-dealkylation sites (tertiary alicyclic amines) is 2. The molecule has 0 spiro atoms. The maximum absolute atomic E-state index is 13.1. The van der Waals surface area contributed by atoms with E-state index in [-0.39, 0.29) is 35.5 Å². The van der Waals surface area contributed by atoms with Gasteiger partial charge in [0.05, 0.1) is 24.3 Å². The Kier molecular flexibility index (Phi) is 9.48. The summed E-state index contributed by atoms with van der Waals surface area (Å²) in [6.07, 6.45) is 3.50. The molecule has 0 bridgehead atoms. The van der Waals surface area contributed by atoms with Gasteiger partial charge in [-0.1, -0.05) is 19.1 Å². The number of ketones is 1. The molecule has 9 heteroatoms. The zero-order chi connectivity index (χ0) is 30.3. The number of rotatable bonds is 8. The summed E-state index contributed by atoms with van der Waals surface area (Å²) in [5.41, 5.74) is 3.20. The standard InChI is InChI=1S/C34H37N5O4/c1-23-21-38(22-25-5-3-24(19-35)4-6-25)16-15-30(23)37-33(41)28-9-12-31(36-20-28)34(42)39-17-13-27(14-18-39)32(40)26-7-10-29(43-2)11-8-26/h3-12,20,23,27,30H,13-18,21-22H2,1-2H3,(H,37,41)/t23-,30-/m0/s1. The van der Waals surface area contributed by atoms with Crippen molar-refractivity contribution in [2.45, 2.75) is 38.8 Å². The molecule has 0 radical (unpaired) electrons. The number of Topliss-reactive ketones (excluding diaryl/α,β-unsaturated/α-hetero) is 1. The van der Waals surface area contributed by atoms with Crippen LogP contribution in [0.5, 0.6) is 5.75 Å². The lowest BCUT2D eigenvalue weighted by Crippen LogP contribution is -2.49. The third kappa shape index (κ3) is 7.27. The topological polar surface area (TPSA) is 116 Å². The van der Waals surface area contributed by atoms with Crippen molar-refractivity contribution in [2.24, 2.45) is 11.8 Å². The molecule has 2 aliphatic heterocycles. The molecule has 9 nitrogen and oxygen atoms in total. The molecule has 1 N–H and O–H groups in total. The highest BCUT2D eigenvalue weighted by Gasteiger charge is 2.30. The fraction of sp³-hybridized carbons (Fsp3) is 0.382. The summed E-state index contributed by atoms with van der Waals surface area (Å²) in [4.78, 5) is 47.4. The van der Waals surface area contributed by atoms with Gasteiger partial charge in [0.25, 0.3) is 11.8 Å². The first-order valence-corrected chi connectivity index (χ1v) is 14.8. The number of pyridine rings is 1. The van der Waals surface area contributed by atoms with Crippen LogP contribution in [-0.2, 0) is 6.54 Å². The number of piperidine rings is 2. The van der Waals surface area contributed by atoms with Gasteiger partial charge in [0.15, 0.2) is 5.78 Å². The summed E-state index contributed by atoms with van der Waals surface area (Å²) in [6, 6.07) is 20.3. The molecule has 0 unspecified atom stereocenters. The first-order valence-electron chi connectivity index (χ1n) is 14.8. The molecule has 3 heterocycles. The van der Waals surface area contributed by atoms with Crippen LogP contribution in [0.15, 0.2) is 66.9 Å². The largest absolute Gasteiger partial charge is 0.497 e. The minimum absolute atomic E-state index is 0.0490. The van der Waals surface area contributed by atoms with E-state index in [0.717, 1.165) is 26.1 Å². The van der Waals surface area contributed by atoms with Crippen LogP contribution in [0.4, 0.5) is 0 Å². The summed E-state index contributed by atoms with van der Waals surface area (Å²) >= 11 is 0. The average Bonchev–Trinajstić information content (AvgIpc) is 3.06. The zero-order valence-corrected chi connectivity index (χ0v) is 24.7. The van der Waals surface area contributed by atoms with Crippen LogP contribution in [0.1, 0.15) is 68.5 Å². The Morgan fingerprint density at radius 3 is 2.26 bits per heavy atom. The van der Waals surface area contributed by atoms with Crippen molar-refractivity contribution in [3.8, 4) is 11.8 Å². The van der Waals surface area contributed by atoms with Gasteiger partial charge in [-0.25, -0.2) is 0 Å². The quantitative estimate of drug-likeness (QED) is 0.395. The van der Waals surface area contributed by atoms with Crippen LogP contribution in [0, 0.1) is 23.2 Å². The second-order valence-electron chi connectivity index (χ2n) is 11.5. The number of carbonyl (C=O) groups excluding carboxylic acids is 3. The van der Waals surface area contributed by atoms with Crippen molar-refractivity contribution >= 4 is 17.6 Å². The third-order valence-corrected chi connectivity index (χ3v) is 8.57. The first-order chi connectivity index (χ1) is 20.8. The number of nitrogens with zero attached hydrogens (tertiary/aromatic N) is 4. The van der Waals surface area contributed by atoms with E-state index in [4.69, 9.17) is 10.00 Å². The third-order valence-electron chi connectivity index (χ3n) is 8.57. The lowest BCUT2D eigenvalue weighted by Gasteiger charge is -2.37. The molecule has 0 saturated carbocycles. The number of carbonyl (C=O) groups is 3. The van der Waals surface area contributed by atoms with Crippen molar-refractivity contribution in [3.63, 3.8) is 0 Å². The van der Waals surface area contributed by atoms with Crippen LogP contribution >= 0.6 is 0 Å². The van der Waals surface area contributed by atoms with E-state index in [0.29, 0.717) is 54.1 Å². The average molecular weight is 580 g/mol. The Hall–Kier alpha value is -4.55. The van der Waals surface area contributed by atoms with Crippen molar-refractivity contribution in [1.29, 1.82) is 5.26 Å². The van der Waals surface area contributed by atoms with Gasteiger partial charge in [0, 0.05) is 56.4 Å². The van der Waals surface area contributed by atoms with E-state index in [2.05, 4.69) is 28.2 Å². The van der Waals surface area contributed by atoms with Crippen LogP contribution in [0.2, 0.25) is 0 Å². The van der Waals surface area contributed by atoms with Crippen LogP contribution in [0.3, 0.4) is 0 Å². The number of hydrogen-bond acceptors (Lipinski definition) is 7. The highest BCUT2D eigenvalue weighted by Crippen LogP contribution is 2.24. The molecule has 5 rings (SSSR count). The summed E-state index contributed by atoms with van der Waals surface area (Å²) in [5.74, 6) is 0.563. The van der Waals surface area contributed by atoms with Crippen molar-refractivity contribution in [3.05, 3.63) is 94.8 Å². The molecular weight excluding hydrogens is 542 g/mol. The predicted molar refractivity (Wildman–Crippen MR) is 162 cm³/mol. The van der Waals surface area contributed by atoms with Crippen LogP contribution < -0.4 is 10.1 Å². The molecule has 2 amide bonds. The summed E-state index contributed by atoms with van der Waals surface area (Å²) in [7, 11) is 1.59. The molecule has 1 aromatic heterocycles. The van der Waals surface area contributed by atoms with Crippen molar-refractivity contribution < 1.29 is 19.1 Å². The Balaban J connectivity index is 1.09. The number of aromatic nitrogens is 1. The smallest absolute Gasteiger partial charge is 0.272 e. The van der Waals surface area contributed by atoms with Gasteiger partial charge in [0.1, 0.15) is 11.4 Å². The molecule has 222 valence electrons. The van der Waals surface area contributed by atoms with Crippen molar-refractivity contribution in [1.82, 2.24) is 20.1 Å². The number of ether oxygens (including phenoxy) is 1. The van der Waals surface area contributed by atoms with Crippen molar-refractivity contribution in [2.75, 3.05) is 33.3 Å². The summed E-state index contributed by atoms with van der Waals surface area (Å²) in [6.45, 7) is 5.65. The van der Waals surface area contributed by atoms with Gasteiger partial charge in [-0.15, -0.1) is 0 Å². The fourth-order valence-corrected chi connectivity index (χ4v) is 5.94. The number of amides is 2. The summed E-state index contributed by atoms with van der Waals surface area (Å²) in [5, 5.41) is 12.2. The van der Waals surface area contributed by atoms with Gasteiger partial charge in [0.2, 0.25) is 0 Å². The molecule has 2 atom stereocenters. The number of hydrogen-bond donors (Lipinski definition) is 1. The van der Waals surface area contributed by atoms with E-state index < -0.39 is 0 Å². The summed E-state index contributed by atoms with van der Waals surface area (Å²) < 4.78 is 5.17. The second-order valence-corrected chi connectivity index (χ2v) is 11.5. The maximum Gasteiger partial charge on any atom is 0.272 e. The van der Waals surface area contributed by atoms with E-state index in [1.807, 2.05) is 24.3 Å². The van der Waals surface area contributed by atoms with E-state index >= 15 is 0 Å². The number of nitrogens with one attached hydrogen (secondary N) is 1. The van der Waals surface area contributed by atoms with Crippen LogP contribution in [-0.4, -0.2) is 71.7 Å². The minimum Gasteiger partial charge on any atom is -0.497 e. The predicted octanol–water partition coefficient (Wildman–Crippen LogP) is 4.34. The Bertz CT molecular complexity index is 1470. The number of benzene rings is 2. The molecular formula is C34H37N5O4. The zero-order valence-electron chi connectivity index (χ0n) is 24.7. The van der Waals surface area contributed by atoms with Gasteiger partial charge >= 0.3 is 0 Å². The van der Waals surface area contributed by atoms with Gasteiger partial charge < -0.3 is 15.0 Å².